The van der Waals surface area contributed by atoms with Gasteiger partial charge in [0.1, 0.15) is 5.82 Å². The van der Waals surface area contributed by atoms with E-state index < -0.39 is 0 Å². The van der Waals surface area contributed by atoms with Crippen molar-refractivity contribution in [2.24, 2.45) is 10.9 Å². The summed E-state index contributed by atoms with van der Waals surface area (Å²) in [4.78, 5) is 8.69. The van der Waals surface area contributed by atoms with E-state index in [1.54, 1.807) is 13.3 Å². The van der Waals surface area contributed by atoms with Crippen molar-refractivity contribution in [3.63, 3.8) is 0 Å². The van der Waals surface area contributed by atoms with Gasteiger partial charge in [0.05, 0.1) is 6.26 Å². The zero-order valence-corrected chi connectivity index (χ0v) is 15.0. The summed E-state index contributed by atoms with van der Waals surface area (Å²) in [7, 11) is 1.79. The van der Waals surface area contributed by atoms with Gasteiger partial charge < -0.3 is 15.1 Å². The summed E-state index contributed by atoms with van der Waals surface area (Å²) in [5.41, 5.74) is 0. The molecule has 24 heavy (non-hydrogen) atoms. The molecule has 2 rings (SSSR count). The molecule has 132 valence electrons. The molecule has 0 radical (unpaired) electrons. The number of aliphatic imine (C=N–C) groups is 1. The van der Waals surface area contributed by atoms with Gasteiger partial charge in [-0.3, -0.25) is 10.1 Å². The second kappa shape index (κ2) is 9.10. The first-order chi connectivity index (χ1) is 11.6. The van der Waals surface area contributed by atoms with Crippen LogP contribution in [0, 0.1) is 5.92 Å². The summed E-state index contributed by atoms with van der Waals surface area (Å²) >= 11 is 0. The van der Waals surface area contributed by atoms with E-state index in [4.69, 9.17) is 4.42 Å². The van der Waals surface area contributed by atoms with E-state index in [0.29, 0.717) is 17.6 Å². The van der Waals surface area contributed by atoms with Crippen LogP contribution in [-0.4, -0.2) is 40.8 Å². The molecule has 0 spiro atoms. The fourth-order valence-corrected chi connectivity index (χ4v) is 2.31. The van der Waals surface area contributed by atoms with Gasteiger partial charge in [0, 0.05) is 26.1 Å². The van der Waals surface area contributed by atoms with Gasteiger partial charge in [-0.2, -0.15) is 5.10 Å². The number of furan rings is 1. The Kier molecular flexibility index (Phi) is 6.84. The van der Waals surface area contributed by atoms with Crippen LogP contribution in [0.2, 0.25) is 0 Å². The van der Waals surface area contributed by atoms with E-state index >= 15 is 0 Å². The molecule has 0 saturated heterocycles. The predicted octanol–water partition coefficient (Wildman–Crippen LogP) is 2.60. The molecule has 0 aromatic carbocycles. The first-order valence-electron chi connectivity index (χ1n) is 8.50. The van der Waals surface area contributed by atoms with Crippen molar-refractivity contribution in [1.82, 2.24) is 25.8 Å². The highest BCUT2D eigenvalue weighted by molar-refractivity contribution is 5.79. The van der Waals surface area contributed by atoms with Crippen LogP contribution in [0.5, 0.6) is 0 Å². The lowest BCUT2D eigenvalue weighted by atomic mass is 10.0. The van der Waals surface area contributed by atoms with Gasteiger partial charge in [0.15, 0.2) is 11.7 Å². The summed E-state index contributed by atoms with van der Waals surface area (Å²) in [6.07, 6.45) is 4.68. The molecule has 1 unspecified atom stereocenters. The van der Waals surface area contributed by atoms with E-state index in [0.717, 1.165) is 37.1 Å². The summed E-state index contributed by atoms with van der Waals surface area (Å²) < 4.78 is 5.29. The summed E-state index contributed by atoms with van der Waals surface area (Å²) in [6, 6.07) is 4.06. The third-order valence-electron chi connectivity index (χ3n) is 3.71. The van der Waals surface area contributed by atoms with Crippen molar-refractivity contribution >= 4 is 5.96 Å². The first kappa shape index (κ1) is 18.0. The van der Waals surface area contributed by atoms with Gasteiger partial charge in [-0.05, 0) is 37.8 Å². The van der Waals surface area contributed by atoms with Crippen LogP contribution in [0.15, 0.2) is 27.8 Å². The zero-order valence-electron chi connectivity index (χ0n) is 15.0. The number of nitrogens with one attached hydrogen (secondary N) is 3. The Morgan fingerprint density at radius 3 is 2.83 bits per heavy atom. The van der Waals surface area contributed by atoms with Gasteiger partial charge in [0.25, 0.3) is 0 Å². The van der Waals surface area contributed by atoms with E-state index in [2.05, 4.69) is 51.6 Å². The van der Waals surface area contributed by atoms with Gasteiger partial charge in [-0.25, -0.2) is 4.98 Å². The van der Waals surface area contributed by atoms with Gasteiger partial charge in [-0.15, -0.1) is 0 Å². The molecular formula is C17H28N6O. The maximum atomic E-state index is 5.29. The van der Waals surface area contributed by atoms with Crippen LogP contribution < -0.4 is 10.6 Å². The van der Waals surface area contributed by atoms with Crippen molar-refractivity contribution in [1.29, 1.82) is 0 Å². The Bertz CT molecular complexity index is 617. The van der Waals surface area contributed by atoms with Crippen molar-refractivity contribution in [2.45, 2.75) is 46.1 Å². The highest BCUT2D eigenvalue weighted by Gasteiger charge is 2.09. The monoisotopic (exact) mass is 332 g/mol. The van der Waals surface area contributed by atoms with Crippen molar-refractivity contribution in [2.75, 3.05) is 13.6 Å². The molecular weight excluding hydrogens is 304 g/mol. The number of H-pyrrole nitrogens is 1. The molecule has 0 saturated carbocycles. The minimum atomic E-state index is 0.398. The predicted molar refractivity (Wildman–Crippen MR) is 95.8 cm³/mol. The molecule has 2 aromatic rings. The molecule has 0 bridgehead atoms. The number of guanidine groups is 1. The van der Waals surface area contributed by atoms with Crippen molar-refractivity contribution < 1.29 is 4.42 Å². The molecule has 0 fully saturated rings. The van der Waals surface area contributed by atoms with E-state index in [1.165, 1.54) is 6.42 Å². The number of rotatable bonds is 8. The third kappa shape index (κ3) is 5.72. The van der Waals surface area contributed by atoms with Crippen LogP contribution >= 0.6 is 0 Å². The lowest BCUT2D eigenvalue weighted by Crippen LogP contribution is -2.43. The number of aromatic amines is 1. The molecule has 3 N–H and O–H groups in total. The topological polar surface area (TPSA) is 91.1 Å². The smallest absolute Gasteiger partial charge is 0.216 e. The molecule has 0 aliphatic rings. The Labute approximate surface area is 143 Å². The lowest BCUT2D eigenvalue weighted by molar-refractivity contribution is 0.489. The number of aromatic nitrogens is 3. The third-order valence-corrected chi connectivity index (χ3v) is 3.71. The molecule has 0 aliphatic heterocycles. The van der Waals surface area contributed by atoms with Crippen LogP contribution in [0.1, 0.15) is 39.4 Å². The summed E-state index contributed by atoms with van der Waals surface area (Å²) in [5.74, 6) is 3.61. The highest BCUT2D eigenvalue weighted by Crippen LogP contribution is 2.14. The highest BCUT2D eigenvalue weighted by atomic mass is 16.3. The standard InChI is InChI=1S/C17H28N6O/c1-12(2)7-8-13(3)20-17(18-4)19-10-9-15-21-16(23-22-15)14-6-5-11-24-14/h5-6,11-13H,7-10H2,1-4H3,(H2,18,19,20)(H,21,22,23). The Morgan fingerprint density at radius 1 is 1.33 bits per heavy atom. The van der Waals surface area contributed by atoms with Gasteiger partial charge >= 0.3 is 0 Å². The Morgan fingerprint density at radius 2 is 2.17 bits per heavy atom. The fourth-order valence-electron chi connectivity index (χ4n) is 2.31. The number of hydrogen-bond acceptors (Lipinski definition) is 4. The zero-order chi connectivity index (χ0) is 17.4. The largest absolute Gasteiger partial charge is 0.461 e. The van der Waals surface area contributed by atoms with E-state index in [-0.39, 0.29) is 0 Å². The Balaban J connectivity index is 1.74. The van der Waals surface area contributed by atoms with Crippen LogP contribution in [0.3, 0.4) is 0 Å². The number of nitrogens with zero attached hydrogens (tertiary/aromatic N) is 3. The molecule has 0 aliphatic carbocycles. The molecule has 2 heterocycles. The second-order valence-corrected chi connectivity index (χ2v) is 6.35. The normalized spacial score (nSPS) is 13.3. The Hall–Kier alpha value is -2.31. The van der Waals surface area contributed by atoms with Gasteiger partial charge in [0.2, 0.25) is 5.82 Å². The molecule has 1 atom stereocenters. The lowest BCUT2D eigenvalue weighted by Gasteiger charge is -2.18. The minimum Gasteiger partial charge on any atom is -0.461 e. The quantitative estimate of drug-likeness (QED) is 0.510. The van der Waals surface area contributed by atoms with Crippen LogP contribution in [0.4, 0.5) is 0 Å². The van der Waals surface area contributed by atoms with E-state index in [1.807, 2.05) is 12.1 Å². The molecule has 7 nitrogen and oxygen atoms in total. The summed E-state index contributed by atoms with van der Waals surface area (Å²) in [6.45, 7) is 7.40. The van der Waals surface area contributed by atoms with Crippen molar-refractivity contribution in [3.05, 3.63) is 24.2 Å². The van der Waals surface area contributed by atoms with E-state index in [9.17, 15) is 0 Å². The first-order valence-corrected chi connectivity index (χ1v) is 8.50. The average Bonchev–Trinajstić information content (AvgIpc) is 3.23. The van der Waals surface area contributed by atoms with Crippen LogP contribution in [-0.2, 0) is 6.42 Å². The van der Waals surface area contributed by atoms with Gasteiger partial charge in [-0.1, -0.05) is 13.8 Å². The fraction of sp³-hybridized carbons (Fsp3) is 0.588. The maximum Gasteiger partial charge on any atom is 0.216 e. The van der Waals surface area contributed by atoms with Crippen LogP contribution in [0.25, 0.3) is 11.6 Å². The maximum absolute atomic E-state index is 5.29. The minimum absolute atomic E-state index is 0.398. The average molecular weight is 332 g/mol. The molecule has 0 amide bonds. The summed E-state index contributed by atoms with van der Waals surface area (Å²) in [5, 5.41) is 13.8. The van der Waals surface area contributed by atoms with Crippen molar-refractivity contribution in [3.8, 4) is 11.6 Å². The SMILES string of the molecule is CN=C(NCCc1nc(-c2ccco2)n[nH]1)NC(C)CCC(C)C. The number of hydrogen-bond donors (Lipinski definition) is 3. The molecule has 2 aromatic heterocycles. The molecule has 7 heteroatoms. The second-order valence-electron chi connectivity index (χ2n) is 6.35.